The van der Waals surface area contributed by atoms with E-state index in [0.717, 1.165) is 16.9 Å². The second kappa shape index (κ2) is 6.32. The molecule has 0 bridgehead atoms. The molecular weight excluding hydrogens is 236 g/mol. The molecule has 0 atom stereocenters. The van der Waals surface area contributed by atoms with Gasteiger partial charge in [-0.15, -0.1) is 0 Å². The largest absolute Gasteiger partial charge is 0.497 e. The summed E-state index contributed by atoms with van der Waals surface area (Å²) in [5.74, 6) is 7.59. The zero-order valence-corrected chi connectivity index (χ0v) is 10.7. The van der Waals surface area contributed by atoms with Crippen LogP contribution in [0.4, 0.5) is 0 Å². The van der Waals surface area contributed by atoms with Crippen molar-refractivity contribution in [1.29, 1.82) is 0 Å². The topological polar surface area (TPSA) is 18.5 Å². The third-order valence-corrected chi connectivity index (χ3v) is 2.51. The Bertz CT molecular complexity index is 619. The molecule has 0 heterocycles. The number of methoxy groups -OCH3 is 1. The number of hydrogen-bond donors (Lipinski definition) is 0. The standard InChI is InChI=1S/C17H14O2/c1-3-19-17-12-11-16(18-2)13-15(17)10-9-14-7-5-4-6-8-14/h3-8,11-13H,1H2,2H3. The van der Waals surface area contributed by atoms with Gasteiger partial charge < -0.3 is 9.47 Å². The van der Waals surface area contributed by atoms with E-state index in [1.54, 1.807) is 7.11 Å². The lowest BCUT2D eigenvalue weighted by Gasteiger charge is -2.05. The van der Waals surface area contributed by atoms with Crippen molar-refractivity contribution in [3.05, 3.63) is 72.5 Å². The highest BCUT2D eigenvalue weighted by atomic mass is 16.5. The molecule has 0 unspecified atom stereocenters. The Hall–Kier alpha value is -2.66. The van der Waals surface area contributed by atoms with Crippen LogP contribution in [0.25, 0.3) is 0 Å². The van der Waals surface area contributed by atoms with Crippen LogP contribution in [0.1, 0.15) is 11.1 Å². The summed E-state index contributed by atoms with van der Waals surface area (Å²) >= 11 is 0. The Morgan fingerprint density at radius 3 is 2.53 bits per heavy atom. The minimum atomic E-state index is 0.666. The summed E-state index contributed by atoms with van der Waals surface area (Å²) in [5, 5.41) is 0. The van der Waals surface area contributed by atoms with Crippen molar-refractivity contribution in [2.75, 3.05) is 7.11 Å². The summed E-state index contributed by atoms with van der Waals surface area (Å²) < 4.78 is 10.5. The minimum Gasteiger partial charge on any atom is -0.497 e. The Balaban J connectivity index is 2.37. The molecule has 0 saturated carbocycles. The van der Waals surface area contributed by atoms with E-state index in [0.29, 0.717) is 5.75 Å². The predicted molar refractivity (Wildman–Crippen MR) is 76.2 cm³/mol. The average molecular weight is 250 g/mol. The fourth-order valence-corrected chi connectivity index (χ4v) is 1.59. The van der Waals surface area contributed by atoms with Gasteiger partial charge in [-0.05, 0) is 30.3 Å². The van der Waals surface area contributed by atoms with E-state index < -0.39 is 0 Å². The van der Waals surface area contributed by atoms with Crippen molar-refractivity contribution in [1.82, 2.24) is 0 Å². The van der Waals surface area contributed by atoms with E-state index in [9.17, 15) is 0 Å². The average Bonchev–Trinajstić information content (AvgIpc) is 2.47. The molecule has 2 aromatic carbocycles. The first-order valence-corrected chi connectivity index (χ1v) is 5.86. The van der Waals surface area contributed by atoms with Gasteiger partial charge in [0.25, 0.3) is 0 Å². The van der Waals surface area contributed by atoms with Crippen molar-refractivity contribution >= 4 is 0 Å². The zero-order chi connectivity index (χ0) is 13.5. The van der Waals surface area contributed by atoms with Crippen molar-refractivity contribution in [3.8, 4) is 23.3 Å². The monoisotopic (exact) mass is 250 g/mol. The number of benzene rings is 2. The molecule has 0 aromatic heterocycles. The first-order valence-electron chi connectivity index (χ1n) is 5.86. The Morgan fingerprint density at radius 2 is 1.84 bits per heavy atom. The third-order valence-electron chi connectivity index (χ3n) is 2.51. The Kier molecular flexibility index (Phi) is 4.25. The predicted octanol–water partition coefficient (Wildman–Crippen LogP) is 3.62. The SMILES string of the molecule is C=COc1ccc(OC)cc1C#Cc1ccccc1. The molecule has 0 aliphatic rings. The fraction of sp³-hybridized carbons (Fsp3) is 0.0588. The van der Waals surface area contributed by atoms with E-state index in [2.05, 4.69) is 18.4 Å². The van der Waals surface area contributed by atoms with Gasteiger partial charge in [-0.1, -0.05) is 36.6 Å². The van der Waals surface area contributed by atoms with Crippen LogP contribution in [-0.2, 0) is 0 Å². The van der Waals surface area contributed by atoms with Gasteiger partial charge in [0, 0.05) is 5.56 Å². The minimum absolute atomic E-state index is 0.666. The molecule has 2 heteroatoms. The lowest BCUT2D eigenvalue weighted by atomic mass is 10.1. The van der Waals surface area contributed by atoms with Crippen LogP contribution in [0.15, 0.2) is 61.4 Å². The number of hydrogen-bond acceptors (Lipinski definition) is 2. The summed E-state index contributed by atoms with van der Waals surface area (Å²) in [6, 6.07) is 15.3. The number of ether oxygens (including phenoxy) is 2. The Labute approximate surface area is 113 Å². The summed E-state index contributed by atoms with van der Waals surface area (Å²) in [5.41, 5.74) is 1.72. The van der Waals surface area contributed by atoms with E-state index in [1.807, 2.05) is 48.5 Å². The van der Waals surface area contributed by atoms with E-state index >= 15 is 0 Å². The van der Waals surface area contributed by atoms with Gasteiger partial charge in [0.05, 0.1) is 18.9 Å². The zero-order valence-electron chi connectivity index (χ0n) is 10.7. The van der Waals surface area contributed by atoms with Crippen LogP contribution in [0.2, 0.25) is 0 Å². The molecule has 0 spiro atoms. The van der Waals surface area contributed by atoms with Crippen LogP contribution < -0.4 is 9.47 Å². The Morgan fingerprint density at radius 1 is 1.05 bits per heavy atom. The fourth-order valence-electron chi connectivity index (χ4n) is 1.59. The van der Waals surface area contributed by atoms with Crippen LogP contribution in [0.5, 0.6) is 11.5 Å². The van der Waals surface area contributed by atoms with Crippen molar-refractivity contribution in [2.24, 2.45) is 0 Å². The van der Waals surface area contributed by atoms with Crippen LogP contribution >= 0.6 is 0 Å². The van der Waals surface area contributed by atoms with Crippen molar-refractivity contribution in [2.45, 2.75) is 0 Å². The van der Waals surface area contributed by atoms with E-state index in [1.165, 1.54) is 6.26 Å². The number of rotatable bonds is 3. The molecule has 94 valence electrons. The van der Waals surface area contributed by atoms with E-state index in [-0.39, 0.29) is 0 Å². The van der Waals surface area contributed by atoms with Crippen molar-refractivity contribution in [3.63, 3.8) is 0 Å². The lowest BCUT2D eigenvalue weighted by Crippen LogP contribution is -1.89. The molecular formula is C17H14O2. The second-order valence-corrected chi connectivity index (χ2v) is 3.76. The quantitative estimate of drug-likeness (QED) is 0.612. The summed E-state index contributed by atoms with van der Waals surface area (Å²) in [6.07, 6.45) is 1.38. The van der Waals surface area contributed by atoms with Gasteiger partial charge in [-0.3, -0.25) is 0 Å². The molecule has 0 N–H and O–H groups in total. The maximum Gasteiger partial charge on any atom is 0.142 e. The molecule has 0 aliphatic carbocycles. The molecule has 2 rings (SSSR count). The smallest absolute Gasteiger partial charge is 0.142 e. The van der Waals surface area contributed by atoms with Gasteiger partial charge in [0.1, 0.15) is 11.5 Å². The molecule has 19 heavy (non-hydrogen) atoms. The highest BCUT2D eigenvalue weighted by Gasteiger charge is 2.02. The van der Waals surface area contributed by atoms with Gasteiger partial charge >= 0.3 is 0 Å². The maximum absolute atomic E-state index is 5.33. The molecule has 0 radical (unpaired) electrons. The summed E-state index contributed by atoms with van der Waals surface area (Å²) in [7, 11) is 1.62. The molecule has 0 saturated heterocycles. The molecule has 0 amide bonds. The third kappa shape index (κ3) is 3.40. The molecule has 0 fully saturated rings. The second-order valence-electron chi connectivity index (χ2n) is 3.76. The highest BCUT2D eigenvalue weighted by molar-refractivity contribution is 5.52. The first kappa shape index (κ1) is 12.8. The van der Waals surface area contributed by atoms with Gasteiger partial charge in [0.2, 0.25) is 0 Å². The van der Waals surface area contributed by atoms with E-state index in [4.69, 9.17) is 9.47 Å². The van der Waals surface area contributed by atoms with Gasteiger partial charge in [-0.2, -0.15) is 0 Å². The summed E-state index contributed by atoms with van der Waals surface area (Å²) in [6.45, 7) is 3.56. The van der Waals surface area contributed by atoms with Gasteiger partial charge in [0.15, 0.2) is 0 Å². The molecule has 2 aromatic rings. The summed E-state index contributed by atoms with van der Waals surface area (Å²) in [4.78, 5) is 0. The normalized spacial score (nSPS) is 9.11. The molecule has 0 aliphatic heterocycles. The molecule has 2 nitrogen and oxygen atoms in total. The van der Waals surface area contributed by atoms with Crippen molar-refractivity contribution < 1.29 is 9.47 Å². The maximum atomic E-state index is 5.33. The lowest BCUT2D eigenvalue weighted by molar-refractivity contribution is 0.412. The van der Waals surface area contributed by atoms with Gasteiger partial charge in [-0.25, -0.2) is 0 Å². The van der Waals surface area contributed by atoms with Crippen LogP contribution in [0, 0.1) is 11.8 Å². The highest BCUT2D eigenvalue weighted by Crippen LogP contribution is 2.23. The van der Waals surface area contributed by atoms with Crippen LogP contribution in [-0.4, -0.2) is 7.11 Å². The first-order chi connectivity index (χ1) is 9.33. The van der Waals surface area contributed by atoms with Crippen LogP contribution in [0.3, 0.4) is 0 Å².